The van der Waals surface area contributed by atoms with Gasteiger partial charge in [-0.3, -0.25) is 0 Å². The second-order valence-electron chi connectivity index (χ2n) is 4.20. The Morgan fingerprint density at radius 3 is 2.30 bits per heavy atom. The molecule has 3 nitrogen and oxygen atoms in total. The van der Waals surface area contributed by atoms with Gasteiger partial charge in [-0.1, -0.05) is 24.6 Å². The van der Waals surface area contributed by atoms with E-state index in [4.69, 9.17) is 21.1 Å². The quantitative estimate of drug-likeness (QED) is 0.870. The molecule has 0 aliphatic rings. The van der Waals surface area contributed by atoms with E-state index < -0.39 is 0 Å². The van der Waals surface area contributed by atoms with E-state index in [0.29, 0.717) is 0 Å². The van der Waals surface area contributed by atoms with Crippen LogP contribution < -0.4 is 14.8 Å². The van der Waals surface area contributed by atoms with Crippen molar-refractivity contribution < 1.29 is 9.47 Å². The molecule has 1 N–H and O–H groups in total. The van der Waals surface area contributed by atoms with E-state index in [1.165, 1.54) is 0 Å². The molecule has 1 aromatic carbocycles. The van der Waals surface area contributed by atoms with E-state index in [9.17, 15) is 0 Å². The molecule has 1 atom stereocenters. The highest BCUT2D eigenvalue weighted by Gasteiger charge is 2.24. The summed E-state index contributed by atoms with van der Waals surface area (Å²) in [5.74, 6) is 1.58. The molecule has 0 fully saturated rings. The molecule has 2 aromatic rings. The Bertz CT molecular complexity index is 549. The van der Waals surface area contributed by atoms with Gasteiger partial charge in [0, 0.05) is 4.88 Å². The van der Waals surface area contributed by atoms with Gasteiger partial charge in [-0.15, -0.1) is 11.3 Å². The smallest absolute Gasteiger partial charge is 0.127 e. The van der Waals surface area contributed by atoms with Crippen LogP contribution >= 0.6 is 22.9 Å². The van der Waals surface area contributed by atoms with Gasteiger partial charge >= 0.3 is 0 Å². The summed E-state index contributed by atoms with van der Waals surface area (Å²) < 4.78 is 11.0. The first-order valence-electron chi connectivity index (χ1n) is 6.40. The normalized spacial score (nSPS) is 12.2. The van der Waals surface area contributed by atoms with Gasteiger partial charge in [0.1, 0.15) is 11.5 Å². The second kappa shape index (κ2) is 6.97. The lowest BCUT2D eigenvalue weighted by atomic mass is 10.0. The summed E-state index contributed by atoms with van der Waals surface area (Å²) in [5.41, 5.74) is 0.976. The third-order valence-corrected chi connectivity index (χ3v) is 4.49. The van der Waals surface area contributed by atoms with Crippen LogP contribution in [0.5, 0.6) is 11.5 Å². The monoisotopic (exact) mass is 311 g/mol. The molecule has 0 bridgehead atoms. The van der Waals surface area contributed by atoms with Gasteiger partial charge in [0.15, 0.2) is 0 Å². The lowest BCUT2D eigenvalue weighted by Crippen LogP contribution is -2.22. The molecule has 108 valence electrons. The van der Waals surface area contributed by atoms with Crippen molar-refractivity contribution in [1.82, 2.24) is 5.32 Å². The lowest BCUT2D eigenvalue weighted by Gasteiger charge is -2.22. The molecule has 0 saturated carbocycles. The molecule has 0 saturated heterocycles. The Morgan fingerprint density at radius 2 is 1.85 bits per heavy atom. The van der Waals surface area contributed by atoms with E-state index in [2.05, 4.69) is 12.2 Å². The summed E-state index contributed by atoms with van der Waals surface area (Å²) in [6.45, 7) is 2.89. The topological polar surface area (TPSA) is 30.5 Å². The van der Waals surface area contributed by atoms with Gasteiger partial charge in [0.05, 0.1) is 30.8 Å². The maximum atomic E-state index is 6.30. The second-order valence-corrected chi connectivity index (χ2v) is 5.55. The maximum absolute atomic E-state index is 6.30. The largest absolute Gasteiger partial charge is 0.496 e. The SMILES string of the molecule is CCNC(c1sccc1Cl)c1c(OC)cccc1OC. The maximum Gasteiger partial charge on any atom is 0.127 e. The van der Waals surface area contributed by atoms with Crippen LogP contribution in [0.25, 0.3) is 0 Å². The first kappa shape index (κ1) is 15.2. The summed E-state index contributed by atoms with van der Waals surface area (Å²) in [6, 6.07) is 7.65. The molecule has 1 aromatic heterocycles. The van der Waals surface area contributed by atoms with Gasteiger partial charge in [0.2, 0.25) is 0 Å². The van der Waals surface area contributed by atoms with Crippen LogP contribution in [-0.2, 0) is 0 Å². The van der Waals surface area contributed by atoms with Crippen LogP contribution in [0.4, 0.5) is 0 Å². The number of ether oxygens (including phenoxy) is 2. The Morgan fingerprint density at radius 1 is 1.20 bits per heavy atom. The number of rotatable bonds is 6. The van der Waals surface area contributed by atoms with Crippen molar-refractivity contribution in [3.63, 3.8) is 0 Å². The molecule has 1 unspecified atom stereocenters. The van der Waals surface area contributed by atoms with E-state index in [0.717, 1.165) is 33.5 Å². The van der Waals surface area contributed by atoms with E-state index >= 15 is 0 Å². The van der Waals surface area contributed by atoms with Crippen LogP contribution in [0.3, 0.4) is 0 Å². The zero-order valence-corrected chi connectivity index (χ0v) is 13.3. The molecular formula is C15H18ClNO2S. The predicted octanol–water partition coefficient (Wildman–Crippen LogP) is 4.12. The Balaban J connectivity index is 2.57. The molecular weight excluding hydrogens is 294 g/mol. The number of nitrogens with one attached hydrogen (secondary N) is 1. The molecule has 0 aliphatic carbocycles. The summed E-state index contributed by atoms with van der Waals surface area (Å²) in [7, 11) is 3.33. The van der Waals surface area contributed by atoms with Crippen molar-refractivity contribution in [3.8, 4) is 11.5 Å². The first-order chi connectivity index (χ1) is 9.72. The molecule has 20 heavy (non-hydrogen) atoms. The standard InChI is InChI=1S/C15H18ClNO2S/c1-4-17-14(15-10(16)8-9-20-15)13-11(18-2)6-5-7-12(13)19-3/h5-9,14,17H,4H2,1-3H3. The Hall–Kier alpha value is -1.23. The summed E-state index contributed by atoms with van der Waals surface area (Å²) in [4.78, 5) is 1.07. The number of benzene rings is 1. The van der Waals surface area contributed by atoms with Crippen LogP contribution in [0.15, 0.2) is 29.6 Å². The molecule has 0 radical (unpaired) electrons. The van der Waals surface area contributed by atoms with Crippen molar-refractivity contribution in [1.29, 1.82) is 0 Å². The average Bonchev–Trinajstić information content (AvgIpc) is 2.90. The van der Waals surface area contributed by atoms with Crippen LogP contribution in [0.2, 0.25) is 5.02 Å². The number of hydrogen-bond acceptors (Lipinski definition) is 4. The van der Waals surface area contributed by atoms with Crippen molar-refractivity contribution >= 4 is 22.9 Å². The van der Waals surface area contributed by atoms with Crippen molar-refractivity contribution in [2.75, 3.05) is 20.8 Å². The number of methoxy groups -OCH3 is 2. The fourth-order valence-corrected chi connectivity index (χ4v) is 3.45. The average molecular weight is 312 g/mol. The minimum atomic E-state index is -0.0430. The fraction of sp³-hybridized carbons (Fsp3) is 0.333. The lowest BCUT2D eigenvalue weighted by molar-refractivity contribution is 0.378. The van der Waals surface area contributed by atoms with Crippen molar-refractivity contribution in [2.45, 2.75) is 13.0 Å². The third kappa shape index (κ3) is 2.92. The van der Waals surface area contributed by atoms with Gasteiger partial charge in [-0.2, -0.15) is 0 Å². The zero-order chi connectivity index (χ0) is 14.5. The van der Waals surface area contributed by atoms with Crippen LogP contribution in [-0.4, -0.2) is 20.8 Å². The predicted molar refractivity (Wildman–Crippen MR) is 84.4 cm³/mol. The number of thiophene rings is 1. The molecule has 0 amide bonds. The highest BCUT2D eigenvalue weighted by atomic mass is 35.5. The number of hydrogen-bond donors (Lipinski definition) is 1. The fourth-order valence-electron chi connectivity index (χ4n) is 2.21. The van der Waals surface area contributed by atoms with E-state index in [-0.39, 0.29) is 6.04 Å². The van der Waals surface area contributed by atoms with Crippen molar-refractivity contribution in [2.24, 2.45) is 0 Å². The van der Waals surface area contributed by atoms with Crippen molar-refractivity contribution in [3.05, 3.63) is 45.1 Å². The van der Waals surface area contributed by atoms with Gasteiger partial charge in [-0.05, 0) is 30.1 Å². The minimum absolute atomic E-state index is 0.0430. The molecule has 2 rings (SSSR count). The van der Waals surface area contributed by atoms with Gasteiger partial charge in [-0.25, -0.2) is 0 Å². The highest BCUT2D eigenvalue weighted by Crippen LogP contribution is 2.41. The zero-order valence-electron chi connectivity index (χ0n) is 11.8. The van der Waals surface area contributed by atoms with E-state index in [1.807, 2.05) is 29.6 Å². The summed E-state index contributed by atoms with van der Waals surface area (Å²) >= 11 is 7.93. The summed E-state index contributed by atoms with van der Waals surface area (Å²) in [6.07, 6.45) is 0. The highest BCUT2D eigenvalue weighted by molar-refractivity contribution is 7.10. The van der Waals surface area contributed by atoms with E-state index in [1.54, 1.807) is 25.6 Å². The molecule has 0 aliphatic heterocycles. The number of halogens is 1. The van der Waals surface area contributed by atoms with Gasteiger partial charge in [0.25, 0.3) is 0 Å². The Labute approximate surface area is 128 Å². The first-order valence-corrected chi connectivity index (χ1v) is 7.65. The third-order valence-electron chi connectivity index (χ3n) is 3.07. The molecule has 5 heteroatoms. The van der Waals surface area contributed by atoms with Crippen LogP contribution in [0, 0.1) is 0 Å². The molecule has 0 spiro atoms. The van der Waals surface area contributed by atoms with Crippen LogP contribution in [0.1, 0.15) is 23.4 Å². The summed E-state index contributed by atoms with van der Waals surface area (Å²) in [5, 5.41) is 6.21. The minimum Gasteiger partial charge on any atom is -0.496 e. The Kier molecular flexibility index (Phi) is 5.29. The van der Waals surface area contributed by atoms with Gasteiger partial charge < -0.3 is 14.8 Å². The molecule has 1 heterocycles.